The zero-order valence-corrected chi connectivity index (χ0v) is 19.1. The maximum absolute atomic E-state index is 12.2. The molecule has 1 saturated heterocycles. The summed E-state index contributed by atoms with van der Waals surface area (Å²) in [6.45, 7) is 6.75. The Morgan fingerprint density at radius 1 is 1.26 bits per heavy atom. The van der Waals surface area contributed by atoms with Gasteiger partial charge in [0, 0.05) is 44.5 Å². The highest BCUT2D eigenvalue weighted by molar-refractivity contribution is 7.99. The third kappa shape index (κ3) is 6.70. The number of hydrogen-bond donors (Lipinski definition) is 2. The number of carbonyl (C=O) groups excluding carboxylic acids is 2. The van der Waals surface area contributed by atoms with Crippen LogP contribution < -0.4 is 15.5 Å². The zero-order valence-electron chi connectivity index (χ0n) is 17.5. The number of thioether (sulfide) groups is 1. The van der Waals surface area contributed by atoms with E-state index in [0.717, 1.165) is 5.69 Å². The number of amides is 3. The third-order valence-electron chi connectivity index (χ3n) is 4.73. The molecule has 0 bridgehead atoms. The zero-order chi connectivity index (χ0) is 22.2. The Balaban J connectivity index is 1.55. The number of anilines is 1. The molecule has 0 aromatic carbocycles. The highest BCUT2D eigenvalue weighted by Gasteiger charge is 2.28. The summed E-state index contributed by atoms with van der Waals surface area (Å²) in [7, 11) is 0. The van der Waals surface area contributed by atoms with E-state index in [1.54, 1.807) is 12.3 Å². The molecule has 3 heterocycles. The van der Waals surface area contributed by atoms with Crippen LogP contribution in [0.25, 0.3) is 0 Å². The molecule has 3 rings (SSSR count). The van der Waals surface area contributed by atoms with Crippen LogP contribution in [0.3, 0.4) is 0 Å². The van der Waals surface area contributed by atoms with Crippen molar-refractivity contribution in [1.82, 2.24) is 30.5 Å². The van der Waals surface area contributed by atoms with Crippen molar-refractivity contribution in [2.45, 2.75) is 31.6 Å². The van der Waals surface area contributed by atoms with Gasteiger partial charge in [-0.1, -0.05) is 29.4 Å². The Bertz CT molecular complexity index is 902. The van der Waals surface area contributed by atoms with Gasteiger partial charge in [0.2, 0.25) is 5.91 Å². The van der Waals surface area contributed by atoms with Crippen LogP contribution in [0.5, 0.6) is 0 Å². The minimum atomic E-state index is -0.134. The second-order valence-electron chi connectivity index (χ2n) is 7.04. The number of halogens is 1. The maximum atomic E-state index is 12.2. The van der Waals surface area contributed by atoms with Crippen LogP contribution in [-0.4, -0.2) is 69.8 Å². The Hall–Kier alpha value is -2.59. The van der Waals surface area contributed by atoms with Gasteiger partial charge in [0.15, 0.2) is 5.16 Å². The van der Waals surface area contributed by atoms with E-state index in [2.05, 4.69) is 30.5 Å². The summed E-state index contributed by atoms with van der Waals surface area (Å²) in [6.07, 6.45) is 1.69. The fraction of sp³-hybridized carbons (Fsp3) is 0.450. The van der Waals surface area contributed by atoms with Crippen molar-refractivity contribution in [3.8, 4) is 0 Å². The number of aromatic nitrogens is 3. The molecular weight excluding hydrogens is 438 g/mol. The van der Waals surface area contributed by atoms with Gasteiger partial charge < -0.3 is 20.4 Å². The van der Waals surface area contributed by atoms with Crippen molar-refractivity contribution in [3.63, 3.8) is 0 Å². The second-order valence-corrected chi connectivity index (χ2v) is 8.37. The molecule has 1 aliphatic rings. The highest BCUT2D eigenvalue weighted by Crippen LogP contribution is 2.24. The van der Waals surface area contributed by atoms with Gasteiger partial charge in [-0.3, -0.25) is 9.78 Å². The first-order valence-electron chi connectivity index (χ1n) is 10.1. The molecule has 1 aliphatic heterocycles. The normalized spacial score (nSPS) is 16.2. The van der Waals surface area contributed by atoms with Gasteiger partial charge in [0.25, 0.3) is 0 Å². The Labute approximate surface area is 191 Å². The van der Waals surface area contributed by atoms with E-state index in [1.165, 1.54) is 11.8 Å². The number of piperazine rings is 1. The molecule has 166 valence electrons. The number of nitrogens with zero attached hydrogens (tertiary/aromatic N) is 5. The molecule has 2 aromatic heterocycles. The number of carbonyl (C=O) groups is 2. The quantitative estimate of drug-likeness (QED) is 0.368. The predicted molar refractivity (Wildman–Crippen MR) is 121 cm³/mol. The molecule has 2 aromatic rings. The SMILES string of the molecule is CCNC(=O)N1CCN(c2cc(Cl)nc(SCC(=O)NCc3ccccn3)n2)CC1C. The molecule has 9 nitrogen and oxygen atoms in total. The molecule has 2 N–H and O–H groups in total. The van der Waals surface area contributed by atoms with Crippen molar-refractivity contribution in [3.05, 3.63) is 41.3 Å². The molecule has 0 saturated carbocycles. The number of hydrogen-bond acceptors (Lipinski definition) is 7. The molecule has 1 fully saturated rings. The minimum Gasteiger partial charge on any atom is -0.353 e. The van der Waals surface area contributed by atoms with Crippen molar-refractivity contribution in [2.75, 3.05) is 36.8 Å². The topological polar surface area (TPSA) is 103 Å². The van der Waals surface area contributed by atoms with E-state index in [4.69, 9.17) is 11.6 Å². The lowest BCUT2D eigenvalue weighted by Crippen LogP contribution is -2.56. The lowest BCUT2D eigenvalue weighted by atomic mass is 10.2. The lowest BCUT2D eigenvalue weighted by molar-refractivity contribution is -0.118. The average Bonchev–Trinajstić information content (AvgIpc) is 2.76. The van der Waals surface area contributed by atoms with Crippen molar-refractivity contribution >= 4 is 41.1 Å². The van der Waals surface area contributed by atoms with Gasteiger partial charge in [0.05, 0.1) is 18.0 Å². The summed E-state index contributed by atoms with van der Waals surface area (Å²) >= 11 is 7.44. The highest BCUT2D eigenvalue weighted by atomic mass is 35.5. The van der Waals surface area contributed by atoms with Gasteiger partial charge >= 0.3 is 6.03 Å². The fourth-order valence-corrected chi connectivity index (χ4v) is 4.12. The molecule has 0 aliphatic carbocycles. The molecular formula is C20H26ClN7O2S. The monoisotopic (exact) mass is 463 g/mol. The molecule has 3 amide bonds. The van der Waals surface area contributed by atoms with E-state index < -0.39 is 0 Å². The molecule has 31 heavy (non-hydrogen) atoms. The average molecular weight is 464 g/mol. The number of rotatable bonds is 7. The van der Waals surface area contributed by atoms with Gasteiger partial charge in [-0.05, 0) is 26.0 Å². The molecule has 0 spiro atoms. The maximum Gasteiger partial charge on any atom is 0.317 e. The van der Waals surface area contributed by atoms with Crippen LogP contribution >= 0.6 is 23.4 Å². The van der Waals surface area contributed by atoms with Gasteiger partial charge in [-0.25, -0.2) is 14.8 Å². The Morgan fingerprint density at radius 2 is 2.10 bits per heavy atom. The van der Waals surface area contributed by atoms with Crippen molar-refractivity contribution in [2.24, 2.45) is 0 Å². The molecule has 1 unspecified atom stereocenters. The minimum absolute atomic E-state index is 0.0301. The summed E-state index contributed by atoms with van der Waals surface area (Å²) < 4.78 is 0. The van der Waals surface area contributed by atoms with Crippen LogP contribution in [0.1, 0.15) is 19.5 Å². The fourth-order valence-electron chi connectivity index (χ4n) is 3.21. The Kier molecular flexibility index (Phi) is 8.30. The van der Waals surface area contributed by atoms with Gasteiger partial charge in [-0.2, -0.15) is 0 Å². The van der Waals surface area contributed by atoms with Crippen LogP contribution in [0.4, 0.5) is 10.6 Å². The number of pyridine rings is 1. The molecule has 0 radical (unpaired) electrons. The van der Waals surface area contributed by atoms with Gasteiger partial charge in [-0.15, -0.1) is 0 Å². The van der Waals surface area contributed by atoms with Crippen LogP contribution in [0.15, 0.2) is 35.6 Å². The summed E-state index contributed by atoms with van der Waals surface area (Å²) in [4.78, 5) is 41.2. The van der Waals surface area contributed by atoms with Crippen LogP contribution in [0, 0.1) is 0 Å². The smallest absolute Gasteiger partial charge is 0.317 e. The van der Waals surface area contributed by atoms with E-state index >= 15 is 0 Å². The van der Waals surface area contributed by atoms with Crippen molar-refractivity contribution in [1.29, 1.82) is 0 Å². The van der Waals surface area contributed by atoms with Crippen molar-refractivity contribution < 1.29 is 9.59 Å². The van der Waals surface area contributed by atoms with Gasteiger partial charge in [0.1, 0.15) is 11.0 Å². The van der Waals surface area contributed by atoms with E-state index in [-0.39, 0.29) is 23.7 Å². The standard InChI is InChI=1S/C20H26ClN7O2S/c1-3-22-20(30)28-9-8-27(12-14(28)2)17-10-16(21)25-19(26-17)31-13-18(29)24-11-15-6-4-5-7-23-15/h4-7,10,14H,3,8-9,11-13H2,1-2H3,(H,22,30)(H,24,29). The largest absolute Gasteiger partial charge is 0.353 e. The summed E-state index contributed by atoms with van der Waals surface area (Å²) in [5.74, 6) is 0.734. The first-order chi connectivity index (χ1) is 15.0. The van der Waals surface area contributed by atoms with Crippen LogP contribution in [0.2, 0.25) is 5.15 Å². The molecule has 1 atom stereocenters. The number of urea groups is 1. The van der Waals surface area contributed by atoms with E-state index in [1.807, 2.05) is 36.9 Å². The first kappa shape index (κ1) is 23.1. The number of nitrogens with one attached hydrogen (secondary N) is 2. The first-order valence-corrected chi connectivity index (χ1v) is 11.5. The molecule has 11 heteroatoms. The summed E-state index contributed by atoms with van der Waals surface area (Å²) in [5.41, 5.74) is 0.794. The summed E-state index contributed by atoms with van der Waals surface area (Å²) in [6, 6.07) is 7.25. The van der Waals surface area contributed by atoms with Crippen LogP contribution in [-0.2, 0) is 11.3 Å². The lowest BCUT2D eigenvalue weighted by Gasteiger charge is -2.40. The van der Waals surface area contributed by atoms with E-state index in [0.29, 0.717) is 48.9 Å². The Morgan fingerprint density at radius 3 is 2.81 bits per heavy atom. The van der Waals surface area contributed by atoms with E-state index in [9.17, 15) is 9.59 Å². The predicted octanol–water partition coefficient (Wildman–Crippen LogP) is 2.17. The summed E-state index contributed by atoms with van der Waals surface area (Å²) in [5, 5.41) is 6.43. The second kappa shape index (κ2) is 11.1. The third-order valence-corrected chi connectivity index (χ3v) is 5.77.